The van der Waals surface area contributed by atoms with Crippen LogP contribution in [0.15, 0.2) is 29.4 Å². The number of primary amides is 1. The first-order valence-corrected chi connectivity index (χ1v) is 7.01. The molecule has 1 aromatic rings. The fraction of sp³-hybridized carbons (Fsp3) is 0.400. The predicted octanol–water partition coefficient (Wildman–Crippen LogP) is 1.34. The zero-order valence-corrected chi connectivity index (χ0v) is 12.8. The maximum Gasteiger partial charge on any atom is 0.337 e. The number of hydrogen-bond donors (Lipinski definition) is 3. The summed E-state index contributed by atoms with van der Waals surface area (Å²) < 4.78 is 4.67. The Labute approximate surface area is 129 Å². The number of esters is 1. The number of nitrogens with two attached hydrogens (primary N) is 2. The second-order valence-electron chi connectivity index (χ2n) is 4.78. The average Bonchev–Trinajstić information content (AvgIpc) is 2.54. The van der Waals surface area contributed by atoms with Crippen LogP contribution in [0.3, 0.4) is 0 Å². The summed E-state index contributed by atoms with van der Waals surface area (Å²) in [5.74, 6) is -0.182. The molecule has 0 saturated heterocycles. The van der Waals surface area contributed by atoms with Crippen LogP contribution < -0.4 is 16.9 Å². The molecule has 0 aliphatic rings. The summed E-state index contributed by atoms with van der Waals surface area (Å²) in [6, 6.07) is 6.50. The quantitative estimate of drug-likeness (QED) is 0.400. The Morgan fingerprint density at radius 3 is 2.41 bits per heavy atom. The monoisotopic (exact) mass is 306 g/mol. The fourth-order valence-electron chi connectivity index (χ4n) is 2.10. The van der Waals surface area contributed by atoms with Crippen molar-refractivity contribution in [2.75, 3.05) is 13.7 Å². The molecule has 0 saturated carbocycles. The first-order valence-electron chi connectivity index (χ1n) is 7.01. The highest BCUT2D eigenvalue weighted by molar-refractivity contribution is 5.89. The third-order valence-corrected chi connectivity index (χ3v) is 3.34. The Morgan fingerprint density at radius 2 is 1.95 bits per heavy atom. The van der Waals surface area contributed by atoms with Crippen LogP contribution in [0.4, 0.5) is 4.79 Å². The van der Waals surface area contributed by atoms with Gasteiger partial charge in [0.2, 0.25) is 0 Å². The Kier molecular flexibility index (Phi) is 7.04. The maximum absolute atomic E-state index is 11.4. The van der Waals surface area contributed by atoms with Gasteiger partial charge in [-0.2, -0.15) is 5.10 Å². The number of carbonyl (C=O) groups excluding carboxylic acids is 2. The van der Waals surface area contributed by atoms with Crippen molar-refractivity contribution >= 4 is 17.7 Å². The second-order valence-corrected chi connectivity index (χ2v) is 4.78. The van der Waals surface area contributed by atoms with E-state index in [4.69, 9.17) is 11.5 Å². The SMILES string of the molecule is CCC(CC(CN)=NNC(N)=O)c1ccc(C(=O)OC)cc1. The minimum atomic E-state index is -0.721. The van der Waals surface area contributed by atoms with E-state index in [9.17, 15) is 9.59 Å². The fourth-order valence-corrected chi connectivity index (χ4v) is 2.10. The third-order valence-electron chi connectivity index (χ3n) is 3.34. The van der Waals surface area contributed by atoms with Crippen molar-refractivity contribution in [3.8, 4) is 0 Å². The lowest BCUT2D eigenvalue weighted by Gasteiger charge is -2.16. The van der Waals surface area contributed by atoms with Crippen LogP contribution in [-0.2, 0) is 4.74 Å². The van der Waals surface area contributed by atoms with Gasteiger partial charge in [0.25, 0.3) is 0 Å². The molecule has 5 N–H and O–H groups in total. The van der Waals surface area contributed by atoms with Crippen molar-refractivity contribution in [3.63, 3.8) is 0 Å². The second kappa shape index (κ2) is 8.78. The number of carbonyl (C=O) groups is 2. The van der Waals surface area contributed by atoms with Crippen molar-refractivity contribution < 1.29 is 14.3 Å². The van der Waals surface area contributed by atoms with Gasteiger partial charge in [0, 0.05) is 6.54 Å². The average molecular weight is 306 g/mol. The molecule has 1 atom stereocenters. The van der Waals surface area contributed by atoms with E-state index in [0.717, 1.165) is 12.0 Å². The standard InChI is InChI=1S/C15H22N4O3/c1-3-10(8-13(9-16)18-19-15(17)21)11-4-6-12(7-5-11)14(20)22-2/h4-7,10H,3,8-9,16H2,1-2H3,(H3,17,19,21). The summed E-state index contributed by atoms with van der Waals surface area (Å²) in [6.45, 7) is 2.28. The lowest BCUT2D eigenvalue weighted by molar-refractivity contribution is 0.0600. The van der Waals surface area contributed by atoms with E-state index < -0.39 is 6.03 Å². The first kappa shape index (κ1) is 17.6. The molecule has 0 heterocycles. The Morgan fingerprint density at radius 1 is 1.32 bits per heavy atom. The number of nitrogens with zero attached hydrogens (tertiary/aromatic N) is 1. The van der Waals surface area contributed by atoms with E-state index in [1.54, 1.807) is 12.1 Å². The molecular formula is C15H22N4O3. The highest BCUT2D eigenvalue weighted by atomic mass is 16.5. The van der Waals surface area contributed by atoms with E-state index >= 15 is 0 Å². The van der Waals surface area contributed by atoms with Crippen molar-refractivity contribution in [1.82, 2.24) is 5.43 Å². The van der Waals surface area contributed by atoms with Crippen LogP contribution in [0.2, 0.25) is 0 Å². The number of urea groups is 1. The zero-order chi connectivity index (χ0) is 16.5. The van der Waals surface area contributed by atoms with Gasteiger partial charge < -0.3 is 16.2 Å². The molecule has 0 fully saturated rings. The van der Waals surface area contributed by atoms with Crippen LogP contribution in [0, 0.1) is 0 Å². The first-order chi connectivity index (χ1) is 10.5. The summed E-state index contributed by atoms with van der Waals surface area (Å²) in [5.41, 5.74) is 15.0. The van der Waals surface area contributed by atoms with Gasteiger partial charge in [-0.15, -0.1) is 0 Å². The molecule has 7 heteroatoms. The number of ether oxygens (including phenoxy) is 1. The molecule has 1 aromatic carbocycles. The largest absolute Gasteiger partial charge is 0.465 e. The number of methoxy groups -OCH3 is 1. The molecule has 0 bridgehead atoms. The number of hydrogen-bond acceptors (Lipinski definition) is 5. The molecule has 0 aromatic heterocycles. The highest BCUT2D eigenvalue weighted by Gasteiger charge is 2.14. The van der Waals surface area contributed by atoms with Crippen LogP contribution in [0.25, 0.3) is 0 Å². The molecule has 0 aliphatic heterocycles. The van der Waals surface area contributed by atoms with Gasteiger partial charge in [-0.3, -0.25) is 0 Å². The molecule has 7 nitrogen and oxygen atoms in total. The molecule has 0 spiro atoms. The van der Waals surface area contributed by atoms with Crippen LogP contribution in [0.5, 0.6) is 0 Å². The van der Waals surface area contributed by atoms with Gasteiger partial charge in [-0.1, -0.05) is 19.1 Å². The van der Waals surface area contributed by atoms with Gasteiger partial charge in [-0.25, -0.2) is 15.0 Å². The molecule has 1 rings (SSSR count). The van der Waals surface area contributed by atoms with E-state index in [2.05, 4.69) is 22.2 Å². The minimum absolute atomic E-state index is 0.184. The van der Waals surface area contributed by atoms with Crippen molar-refractivity contribution in [3.05, 3.63) is 35.4 Å². The third kappa shape index (κ3) is 5.17. The zero-order valence-electron chi connectivity index (χ0n) is 12.8. The van der Waals surface area contributed by atoms with Crippen molar-refractivity contribution in [1.29, 1.82) is 0 Å². The molecule has 0 aliphatic carbocycles. The summed E-state index contributed by atoms with van der Waals surface area (Å²) in [6.07, 6.45) is 1.47. The lowest BCUT2D eigenvalue weighted by atomic mass is 9.90. The number of rotatable bonds is 7. The van der Waals surface area contributed by atoms with E-state index in [-0.39, 0.29) is 18.4 Å². The van der Waals surface area contributed by atoms with Gasteiger partial charge in [0.05, 0.1) is 18.4 Å². The normalized spacial score (nSPS) is 12.6. The molecule has 0 radical (unpaired) electrons. The van der Waals surface area contributed by atoms with Gasteiger partial charge in [0.1, 0.15) is 0 Å². The Balaban J connectivity index is 2.84. The molecule has 2 amide bonds. The summed E-state index contributed by atoms with van der Waals surface area (Å²) in [7, 11) is 1.35. The Hall–Kier alpha value is -2.41. The summed E-state index contributed by atoms with van der Waals surface area (Å²) in [5, 5.41) is 3.91. The minimum Gasteiger partial charge on any atom is -0.465 e. The Bertz CT molecular complexity index is 540. The van der Waals surface area contributed by atoms with Gasteiger partial charge in [-0.05, 0) is 36.5 Å². The number of nitrogens with one attached hydrogen (secondary N) is 1. The van der Waals surface area contributed by atoms with E-state index in [1.165, 1.54) is 7.11 Å². The number of hydrazone groups is 1. The maximum atomic E-state index is 11.4. The van der Waals surface area contributed by atoms with E-state index in [0.29, 0.717) is 17.7 Å². The van der Waals surface area contributed by atoms with Crippen LogP contribution in [-0.4, -0.2) is 31.4 Å². The lowest BCUT2D eigenvalue weighted by Crippen LogP contribution is -2.28. The summed E-state index contributed by atoms with van der Waals surface area (Å²) in [4.78, 5) is 22.1. The molecular weight excluding hydrogens is 284 g/mol. The number of benzene rings is 1. The van der Waals surface area contributed by atoms with Gasteiger partial charge in [0.15, 0.2) is 0 Å². The number of amides is 2. The van der Waals surface area contributed by atoms with Crippen LogP contribution in [0.1, 0.15) is 41.6 Å². The predicted molar refractivity (Wildman–Crippen MR) is 84.6 cm³/mol. The topological polar surface area (TPSA) is 120 Å². The molecule has 1 unspecified atom stereocenters. The van der Waals surface area contributed by atoms with Crippen LogP contribution >= 0.6 is 0 Å². The van der Waals surface area contributed by atoms with E-state index in [1.807, 2.05) is 12.1 Å². The molecule has 22 heavy (non-hydrogen) atoms. The van der Waals surface area contributed by atoms with Crippen molar-refractivity contribution in [2.24, 2.45) is 16.6 Å². The molecule has 120 valence electrons. The van der Waals surface area contributed by atoms with Crippen molar-refractivity contribution in [2.45, 2.75) is 25.7 Å². The highest BCUT2D eigenvalue weighted by Crippen LogP contribution is 2.24. The van der Waals surface area contributed by atoms with Gasteiger partial charge >= 0.3 is 12.0 Å². The summed E-state index contributed by atoms with van der Waals surface area (Å²) >= 11 is 0. The smallest absolute Gasteiger partial charge is 0.337 e.